The minimum Gasteiger partial charge on any atom is -0.507 e. The number of hydrogen-bond acceptors (Lipinski definition) is 4. The molecule has 1 aromatic heterocycles. The van der Waals surface area contributed by atoms with Crippen LogP contribution in [-0.2, 0) is 6.54 Å². The highest BCUT2D eigenvalue weighted by Gasteiger charge is 2.11. The number of nitrogens with one attached hydrogen (secondary N) is 2. The Morgan fingerprint density at radius 3 is 2.94 bits per heavy atom. The molecule has 1 amide bonds. The molecule has 1 aromatic carbocycles. The first-order valence-corrected chi connectivity index (χ1v) is 5.91. The monoisotopic (exact) mass is 310 g/mol. The van der Waals surface area contributed by atoms with Crippen LogP contribution in [-0.4, -0.2) is 21.2 Å². The van der Waals surface area contributed by atoms with Gasteiger partial charge in [0.15, 0.2) is 0 Å². The van der Waals surface area contributed by atoms with Crippen LogP contribution in [0.25, 0.3) is 0 Å². The van der Waals surface area contributed by atoms with Crippen molar-refractivity contribution >= 4 is 27.7 Å². The topological polar surface area (TPSA) is 104 Å². The molecule has 2 rings (SSSR count). The zero-order valence-electron chi connectivity index (χ0n) is 9.27. The molecule has 18 heavy (non-hydrogen) atoms. The molecule has 0 atom stereocenters. The fourth-order valence-corrected chi connectivity index (χ4v) is 1.78. The second-order valence-corrected chi connectivity index (χ2v) is 4.57. The van der Waals surface area contributed by atoms with Gasteiger partial charge in [0.2, 0.25) is 0 Å². The lowest BCUT2D eigenvalue weighted by molar-refractivity contribution is 0.0948. The number of aromatic amines is 1. The van der Waals surface area contributed by atoms with Gasteiger partial charge in [-0.15, -0.1) is 0 Å². The molecule has 0 aliphatic heterocycles. The number of carbonyl (C=O) groups excluding carboxylic acids is 1. The van der Waals surface area contributed by atoms with Crippen LogP contribution in [0.4, 0.5) is 5.82 Å². The summed E-state index contributed by atoms with van der Waals surface area (Å²) in [6.45, 7) is 0.247. The number of H-pyrrole nitrogens is 1. The maximum absolute atomic E-state index is 11.8. The molecule has 0 saturated heterocycles. The average molecular weight is 311 g/mol. The summed E-state index contributed by atoms with van der Waals surface area (Å²) >= 11 is 3.20. The van der Waals surface area contributed by atoms with Crippen molar-refractivity contribution < 1.29 is 9.90 Å². The van der Waals surface area contributed by atoms with Gasteiger partial charge in [-0.1, -0.05) is 15.9 Å². The number of nitrogens with two attached hydrogens (primary N) is 1. The summed E-state index contributed by atoms with van der Waals surface area (Å²) in [4.78, 5) is 11.8. The number of hydrogen-bond donors (Lipinski definition) is 4. The number of rotatable bonds is 3. The summed E-state index contributed by atoms with van der Waals surface area (Å²) in [7, 11) is 0. The van der Waals surface area contributed by atoms with E-state index in [1.54, 1.807) is 6.07 Å². The molecule has 0 spiro atoms. The largest absolute Gasteiger partial charge is 0.507 e. The van der Waals surface area contributed by atoms with E-state index in [1.807, 2.05) is 0 Å². The summed E-state index contributed by atoms with van der Waals surface area (Å²) in [6.07, 6.45) is 1.54. The van der Waals surface area contributed by atoms with Gasteiger partial charge in [-0.3, -0.25) is 9.89 Å². The fraction of sp³-hybridized carbons (Fsp3) is 0.0909. The Kier molecular flexibility index (Phi) is 3.52. The van der Waals surface area contributed by atoms with Crippen molar-refractivity contribution in [1.82, 2.24) is 15.5 Å². The average Bonchev–Trinajstić information content (AvgIpc) is 2.72. The van der Waals surface area contributed by atoms with Crippen LogP contribution in [0.1, 0.15) is 15.9 Å². The van der Waals surface area contributed by atoms with E-state index in [2.05, 4.69) is 31.4 Å². The number of phenolic OH excluding ortho intramolecular Hbond substituents is 1. The van der Waals surface area contributed by atoms with Gasteiger partial charge in [0, 0.05) is 16.6 Å². The lowest BCUT2D eigenvalue weighted by Crippen LogP contribution is -2.23. The van der Waals surface area contributed by atoms with Crippen LogP contribution in [0.5, 0.6) is 5.75 Å². The molecule has 6 nitrogen and oxygen atoms in total. The van der Waals surface area contributed by atoms with Gasteiger partial charge in [-0.2, -0.15) is 5.10 Å². The normalized spacial score (nSPS) is 10.3. The summed E-state index contributed by atoms with van der Waals surface area (Å²) < 4.78 is 0.704. The van der Waals surface area contributed by atoms with E-state index in [9.17, 15) is 9.90 Å². The smallest absolute Gasteiger partial charge is 0.255 e. The summed E-state index contributed by atoms with van der Waals surface area (Å²) in [5, 5.41) is 18.6. The van der Waals surface area contributed by atoms with Crippen molar-refractivity contribution in [2.75, 3.05) is 5.73 Å². The van der Waals surface area contributed by atoms with Gasteiger partial charge < -0.3 is 16.2 Å². The molecule has 0 aliphatic carbocycles. The van der Waals surface area contributed by atoms with Crippen molar-refractivity contribution in [1.29, 1.82) is 0 Å². The van der Waals surface area contributed by atoms with Crippen LogP contribution in [0, 0.1) is 0 Å². The second-order valence-electron chi connectivity index (χ2n) is 3.65. The van der Waals surface area contributed by atoms with Crippen molar-refractivity contribution in [2.24, 2.45) is 0 Å². The highest BCUT2D eigenvalue weighted by atomic mass is 79.9. The minimum atomic E-state index is -0.374. The first kappa shape index (κ1) is 12.4. The molecular weight excluding hydrogens is 300 g/mol. The predicted octanol–water partition coefficient (Wildman–Crippen LogP) is 1.39. The number of halogens is 1. The highest BCUT2D eigenvalue weighted by Crippen LogP contribution is 2.22. The Morgan fingerprint density at radius 2 is 2.33 bits per heavy atom. The van der Waals surface area contributed by atoms with Gasteiger partial charge in [0.1, 0.15) is 11.6 Å². The van der Waals surface area contributed by atoms with E-state index < -0.39 is 0 Å². The maximum atomic E-state index is 11.8. The van der Waals surface area contributed by atoms with Crippen LogP contribution >= 0.6 is 15.9 Å². The number of phenols is 1. The van der Waals surface area contributed by atoms with Crippen molar-refractivity contribution in [3.8, 4) is 5.75 Å². The lowest BCUT2D eigenvalue weighted by atomic mass is 10.2. The van der Waals surface area contributed by atoms with E-state index >= 15 is 0 Å². The van der Waals surface area contributed by atoms with Gasteiger partial charge in [-0.05, 0) is 18.2 Å². The zero-order valence-corrected chi connectivity index (χ0v) is 10.9. The van der Waals surface area contributed by atoms with Crippen molar-refractivity contribution in [3.63, 3.8) is 0 Å². The number of aromatic nitrogens is 2. The molecule has 0 unspecified atom stereocenters. The van der Waals surface area contributed by atoms with Gasteiger partial charge >= 0.3 is 0 Å². The second kappa shape index (κ2) is 5.09. The minimum absolute atomic E-state index is 0.0814. The van der Waals surface area contributed by atoms with E-state index in [4.69, 9.17) is 5.73 Å². The molecule has 7 heteroatoms. The van der Waals surface area contributed by atoms with E-state index in [0.717, 1.165) is 0 Å². The number of anilines is 1. The molecular formula is C11H11BrN4O2. The first-order valence-electron chi connectivity index (χ1n) is 5.12. The van der Waals surface area contributed by atoms with Crippen LogP contribution in [0.15, 0.2) is 28.9 Å². The van der Waals surface area contributed by atoms with Gasteiger partial charge in [0.05, 0.1) is 11.8 Å². The predicted molar refractivity (Wildman–Crippen MR) is 70.0 cm³/mol. The van der Waals surface area contributed by atoms with E-state index in [-0.39, 0.29) is 23.8 Å². The third kappa shape index (κ3) is 2.62. The van der Waals surface area contributed by atoms with Gasteiger partial charge in [-0.25, -0.2) is 0 Å². The quantitative estimate of drug-likeness (QED) is 0.687. The Bertz CT molecular complexity index is 582. The summed E-state index contributed by atoms with van der Waals surface area (Å²) in [5.74, 6) is -0.0435. The Morgan fingerprint density at radius 1 is 1.56 bits per heavy atom. The molecule has 94 valence electrons. The number of carbonyl (C=O) groups is 1. The number of benzene rings is 1. The SMILES string of the molecule is Nc1[nH]ncc1CNC(=O)c1ccc(Br)cc1O. The number of amides is 1. The molecule has 0 radical (unpaired) electrons. The molecule has 0 bridgehead atoms. The number of nitrogens with zero attached hydrogens (tertiary/aromatic N) is 1. The summed E-state index contributed by atoms with van der Waals surface area (Å²) in [6, 6.07) is 4.68. The molecule has 5 N–H and O–H groups in total. The van der Waals surface area contributed by atoms with Crippen LogP contribution in [0.2, 0.25) is 0 Å². The Balaban J connectivity index is 2.06. The van der Waals surface area contributed by atoms with Crippen LogP contribution < -0.4 is 11.1 Å². The molecule has 0 fully saturated rings. The van der Waals surface area contributed by atoms with Crippen LogP contribution in [0.3, 0.4) is 0 Å². The molecule has 2 aromatic rings. The number of aromatic hydroxyl groups is 1. The first-order chi connectivity index (χ1) is 8.58. The van der Waals surface area contributed by atoms with Crippen molar-refractivity contribution in [2.45, 2.75) is 6.54 Å². The standard InChI is InChI=1S/C11H11BrN4O2/c12-7-1-2-8(9(17)3-7)11(18)14-4-6-5-15-16-10(6)13/h1-3,5,17H,4H2,(H,14,18)(H3,13,15,16). The summed E-state index contributed by atoms with van der Waals surface area (Å²) in [5.41, 5.74) is 6.49. The van der Waals surface area contributed by atoms with Gasteiger partial charge in [0.25, 0.3) is 5.91 Å². The lowest BCUT2D eigenvalue weighted by Gasteiger charge is -2.06. The van der Waals surface area contributed by atoms with E-state index in [0.29, 0.717) is 15.9 Å². The van der Waals surface area contributed by atoms with Crippen molar-refractivity contribution in [3.05, 3.63) is 40.0 Å². The van der Waals surface area contributed by atoms with E-state index in [1.165, 1.54) is 18.3 Å². The fourth-order valence-electron chi connectivity index (χ4n) is 1.43. The zero-order chi connectivity index (χ0) is 13.1. The maximum Gasteiger partial charge on any atom is 0.255 e. The Labute approximate surface area is 111 Å². The molecule has 0 aliphatic rings. The molecule has 1 heterocycles. The Hall–Kier alpha value is -2.02. The number of nitrogen functional groups attached to an aromatic ring is 1. The highest BCUT2D eigenvalue weighted by molar-refractivity contribution is 9.10. The third-order valence-electron chi connectivity index (χ3n) is 2.40. The third-order valence-corrected chi connectivity index (χ3v) is 2.89. The molecule has 0 saturated carbocycles.